The molecule has 0 radical (unpaired) electrons. The molecule has 0 fully saturated rings. The smallest absolute Gasteiger partial charge is 0.0999 e. The summed E-state index contributed by atoms with van der Waals surface area (Å²) in [6.45, 7) is 6.34. The first-order valence-electron chi connectivity index (χ1n) is 7.40. The number of hydrogen-bond donors (Lipinski definition) is 0. The van der Waals surface area contributed by atoms with Crippen molar-refractivity contribution in [2.75, 3.05) is 0 Å². The van der Waals surface area contributed by atoms with Crippen LogP contribution in [0.5, 0.6) is 0 Å². The van der Waals surface area contributed by atoms with Gasteiger partial charge in [0.2, 0.25) is 0 Å². The van der Waals surface area contributed by atoms with E-state index in [1.54, 1.807) is 0 Å². The van der Waals surface area contributed by atoms with Crippen molar-refractivity contribution in [1.82, 2.24) is 4.98 Å². The van der Waals surface area contributed by atoms with Crippen LogP contribution in [0.25, 0.3) is 22.0 Å². The van der Waals surface area contributed by atoms with Crippen LogP contribution in [-0.4, -0.2) is 4.98 Å². The van der Waals surface area contributed by atoms with E-state index in [9.17, 15) is 5.26 Å². The number of pyridine rings is 1. The van der Waals surface area contributed by atoms with Gasteiger partial charge in [-0.05, 0) is 29.3 Å². The summed E-state index contributed by atoms with van der Waals surface area (Å²) in [7, 11) is 0. The predicted octanol–water partition coefficient (Wildman–Crippen LogP) is 5.07. The van der Waals surface area contributed by atoms with E-state index in [0.29, 0.717) is 5.56 Å². The molecule has 22 heavy (non-hydrogen) atoms. The third kappa shape index (κ3) is 2.58. The molecule has 0 saturated heterocycles. The third-order valence-electron chi connectivity index (χ3n) is 3.80. The SMILES string of the molecule is CC(C)(C)c1cc(C#N)c2cc(-c3ccccc3)ccc2n1. The van der Waals surface area contributed by atoms with E-state index in [1.807, 2.05) is 30.3 Å². The van der Waals surface area contributed by atoms with Crippen LogP contribution in [0.1, 0.15) is 32.0 Å². The fraction of sp³-hybridized carbons (Fsp3) is 0.200. The molecule has 108 valence electrons. The normalized spacial score (nSPS) is 11.4. The van der Waals surface area contributed by atoms with E-state index in [1.165, 1.54) is 0 Å². The number of rotatable bonds is 1. The molecule has 0 spiro atoms. The van der Waals surface area contributed by atoms with E-state index in [4.69, 9.17) is 4.98 Å². The van der Waals surface area contributed by atoms with Crippen molar-refractivity contribution < 1.29 is 0 Å². The zero-order valence-electron chi connectivity index (χ0n) is 13.1. The Hall–Kier alpha value is -2.66. The highest BCUT2D eigenvalue weighted by Gasteiger charge is 2.18. The van der Waals surface area contributed by atoms with Crippen molar-refractivity contribution >= 4 is 10.9 Å². The molecule has 0 amide bonds. The van der Waals surface area contributed by atoms with E-state index in [2.05, 4.69) is 51.1 Å². The highest BCUT2D eigenvalue weighted by Crippen LogP contribution is 2.29. The second-order valence-electron chi connectivity index (χ2n) is 6.51. The van der Waals surface area contributed by atoms with Gasteiger partial charge in [-0.3, -0.25) is 4.98 Å². The second-order valence-corrected chi connectivity index (χ2v) is 6.51. The van der Waals surface area contributed by atoms with Gasteiger partial charge in [0.25, 0.3) is 0 Å². The molecule has 0 aliphatic rings. The molecule has 0 aliphatic carbocycles. The van der Waals surface area contributed by atoms with Gasteiger partial charge in [0.05, 0.1) is 17.1 Å². The highest BCUT2D eigenvalue weighted by atomic mass is 14.7. The number of aromatic nitrogens is 1. The topological polar surface area (TPSA) is 36.7 Å². The Morgan fingerprint density at radius 2 is 1.64 bits per heavy atom. The van der Waals surface area contributed by atoms with E-state index in [-0.39, 0.29) is 5.41 Å². The lowest BCUT2D eigenvalue weighted by Gasteiger charge is -2.19. The van der Waals surface area contributed by atoms with Crippen LogP contribution in [0, 0.1) is 11.3 Å². The van der Waals surface area contributed by atoms with Gasteiger partial charge in [-0.25, -0.2) is 0 Å². The summed E-state index contributed by atoms with van der Waals surface area (Å²) in [6, 6.07) is 20.6. The van der Waals surface area contributed by atoms with Crippen LogP contribution in [0.4, 0.5) is 0 Å². The van der Waals surface area contributed by atoms with E-state index < -0.39 is 0 Å². The summed E-state index contributed by atoms with van der Waals surface area (Å²) in [5, 5.41) is 10.4. The maximum absolute atomic E-state index is 9.51. The number of benzene rings is 2. The lowest BCUT2D eigenvalue weighted by molar-refractivity contribution is 0.571. The van der Waals surface area contributed by atoms with Crippen molar-refractivity contribution in [3.8, 4) is 17.2 Å². The van der Waals surface area contributed by atoms with Crippen LogP contribution < -0.4 is 0 Å². The molecule has 1 aromatic heterocycles. The Labute approximate surface area is 131 Å². The summed E-state index contributed by atoms with van der Waals surface area (Å²) in [6.07, 6.45) is 0. The van der Waals surface area contributed by atoms with E-state index in [0.717, 1.165) is 27.7 Å². The van der Waals surface area contributed by atoms with Crippen LogP contribution in [0.2, 0.25) is 0 Å². The average molecular weight is 286 g/mol. The van der Waals surface area contributed by atoms with E-state index >= 15 is 0 Å². The molecule has 0 unspecified atom stereocenters. The third-order valence-corrected chi connectivity index (χ3v) is 3.80. The summed E-state index contributed by atoms with van der Waals surface area (Å²) in [5.74, 6) is 0. The molecule has 0 atom stereocenters. The maximum atomic E-state index is 9.51. The first kappa shape index (κ1) is 14.3. The largest absolute Gasteiger partial charge is 0.252 e. The number of nitrogens with zero attached hydrogens (tertiary/aromatic N) is 2. The zero-order valence-corrected chi connectivity index (χ0v) is 13.1. The molecular formula is C20H18N2. The lowest BCUT2D eigenvalue weighted by Crippen LogP contribution is -2.13. The first-order valence-corrected chi connectivity index (χ1v) is 7.40. The van der Waals surface area contributed by atoms with Gasteiger partial charge >= 0.3 is 0 Å². The van der Waals surface area contributed by atoms with Crippen LogP contribution >= 0.6 is 0 Å². The van der Waals surface area contributed by atoms with Gasteiger partial charge in [-0.2, -0.15) is 5.26 Å². The number of nitriles is 1. The van der Waals surface area contributed by atoms with Gasteiger partial charge in [0.15, 0.2) is 0 Å². The monoisotopic (exact) mass is 286 g/mol. The molecule has 2 nitrogen and oxygen atoms in total. The molecule has 3 rings (SSSR count). The van der Waals surface area contributed by atoms with Crippen LogP contribution in [0.15, 0.2) is 54.6 Å². The highest BCUT2D eigenvalue weighted by molar-refractivity contribution is 5.89. The second kappa shape index (κ2) is 5.27. The molecule has 0 bridgehead atoms. The fourth-order valence-corrected chi connectivity index (χ4v) is 2.51. The molecule has 0 aliphatic heterocycles. The van der Waals surface area contributed by atoms with Crippen molar-refractivity contribution in [3.05, 3.63) is 65.9 Å². The van der Waals surface area contributed by atoms with Crippen LogP contribution in [0.3, 0.4) is 0 Å². The van der Waals surface area contributed by atoms with Crippen molar-refractivity contribution in [1.29, 1.82) is 5.26 Å². The maximum Gasteiger partial charge on any atom is 0.0999 e. The molecule has 3 aromatic rings. The molecule has 1 heterocycles. The Kier molecular flexibility index (Phi) is 3.42. The Balaban J connectivity index is 2.24. The van der Waals surface area contributed by atoms with Crippen molar-refractivity contribution in [2.45, 2.75) is 26.2 Å². The van der Waals surface area contributed by atoms with Crippen LogP contribution in [-0.2, 0) is 5.41 Å². The van der Waals surface area contributed by atoms with Crippen molar-refractivity contribution in [3.63, 3.8) is 0 Å². The molecule has 2 aromatic carbocycles. The summed E-state index contributed by atoms with van der Waals surface area (Å²) in [4.78, 5) is 4.74. The first-order chi connectivity index (χ1) is 10.5. The van der Waals surface area contributed by atoms with Gasteiger partial charge in [-0.15, -0.1) is 0 Å². The quantitative estimate of drug-likeness (QED) is 0.626. The Bertz CT molecular complexity index is 866. The standard InChI is InChI=1S/C20H18N2/c1-20(2,3)19-12-16(13-21)17-11-15(9-10-18(17)22-19)14-7-5-4-6-8-14/h4-12H,1-3H3. The summed E-state index contributed by atoms with van der Waals surface area (Å²) in [5.41, 5.74) is 4.70. The fourth-order valence-electron chi connectivity index (χ4n) is 2.51. The molecule has 2 heteroatoms. The van der Waals surface area contributed by atoms with Crippen molar-refractivity contribution in [2.24, 2.45) is 0 Å². The minimum atomic E-state index is -0.0715. The van der Waals surface area contributed by atoms with Gasteiger partial charge in [0.1, 0.15) is 0 Å². The van der Waals surface area contributed by atoms with Gasteiger partial charge in [0, 0.05) is 16.5 Å². The molecular weight excluding hydrogens is 268 g/mol. The average Bonchev–Trinajstić information content (AvgIpc) is 2.53. The minimum absolute atomic E-state index is 0.0715. The van der Waals surface area contributed by atoms with Gasteiger partial charge in [-0.1, -0.05) is 57.2 Å². The minimum Gasteiger partial charge on any atom is -0.252 e. The Morgan fingerprint density at radius 1 is 0.909 bits per heavy atom. The molecule has 0 saturated carbocycles. The number of fused-ring (bicyclic) bond motifs is 1. The molecule has 0 N–H and O–H groups in total. The van der Waals surface area contributed by atoms with Gasteiger partial charge < -0.3 is 0 Å². The lowest BCUT2D eigenvalue weighted by atomic mass is 9.89. The Morgan fingerprint density at radius 3 is 2.27 bits per heavy atom. The summed E-state index contributed by atoms with van der Waals surface area (Å²) < 4.78 is 0. The zero-order chi connectivity index (χ0) is 15.7. The predicted molar refractivity (Wildman–Crippen MR) is 90.6 cm³/mol. The summed E-state index contributed by atoms with van der Waals surface area (Å²) >= 11 is 0. The number of hydrogen-bond acceptors (Lipinski definition) is 2.